The summed E-state index contributed by atoms with van der Waals surface area (Å²) in [5.74, 6) is 0.969. The summed E-state index contributed by atoms with van der Waals surface area (Å²) in [5, 5.41) is 2.79. The molecule has 1 heterocycles. The maximum Gasteiger partial charge on any atom is 0.239 e. The number of anilines is 2. The fourth-order valence-corrected chi connectivity index (χ4v) is 1.15. The smallest absolute Gasteiger partial charge is 0.239 e. The standard InChI is InChI=1S/C10H17N5O/c1-3-4-12-10(16)7-15(2)9-6-13-8(11)5-14-9/h5-6H,3-4,7H2,1-2H3,(H2,11,13)(H,12,16). The highest BCUT2D eigenvalue weighted by Gasteiger charge is 2.07. The molecule has 0 aromatic carbocycles. The molecule has 0 bridgehead atoms. The van der Waals surface area contributed by atoms with E-state index in [0.29, 0.717) is 18.2 Å². The topological polar surface area (TPSA) is 84.1 Å². The number of nitrogen functional groups attached to an aromatic ring is 1. The maximum atomic E-state index is 11.4. The van der Waals surface area contributed by atoms with Crippen molar-refractivity contribution >= 4 is 17.5 Å². The summed E-state index contributed by atoms with van der Waals surface area (Å²) in [6, 6.07) is 0. The van der Waals surface area contributed by atoms with Crippen LogP contribution in [0.4, 0.5) is 11.6 Å². The van der Waals surface area contributed by atoms with E-state index in [-0.39, 0.29) is 12.5 Å². The minimum atomic E-state index is -0.0250. The molecule has 0 spiro atoms. The lowest BCUT2D eigenvalue weighted by Crippen LogP contribution is -2.35. The zero-order valence-electron chi connectivity index (χ0n) is 9.60. The Labute approximate surface area is 94.9 Å². The molecule has 1 aromatic heterocycles. The average Bonchev–Trinajstić information content (AvgIpc) is 2.27. The molecule has 0 fully saturated rings. The fraction of sp³-hybridized carbons (Fsp3) is 0.500. The van der Waals surface area contributed by atoms with E-state index in [1.807, 2.05) is 6.92 Å². The Hall–Kier alpha value is -1.85. The van der Waals surface area contributed by atoms with E-state index in [9.17, 15) is 4.79 Å². The maximum absolute atomic E-state index is 11.4. The van der Waals surface area contributed by atoms with Gasteiger partial charge in [-0.3, -0.25) is 4.79 Å². The molecule has 16 heavy (non-hydrogen) atoms. The number of likely N-dealkylation sites (N-methyl/N-ethyl adjacent to an activating group) is 1. The second-order valence-electron chi connectivity index (χ2n) is 3.51. The number of aromatic nitrogens is 2. The third kappa shape index (κ3) is 3.72. The number of carbonyl (C=O) groups excluding carboxylic acids is 1. The summed E-state index contributed by atoms with van der Waals surface area (Å²) < 4.78 is 0. The van der Waals surface area contributed by atoms with E-state index in [4.69, 9.17) is 5.73 Å². The number of rotatable bonds is 5. The summed E-state index contributed by atoms with van der Waals surface area (Å²) in [6.45, 7) is 2.97. The van der Waals surface area contributed by atoms with Gasteiger partial charge in [0.05, 0.1) is 18.9 Å². The first kappa shape index (κ1) is 12.2. The van der Waals surface area contributed by atoms with Crippen LogP contribution in [0.1, 0.15) is 13.3 Å². The highest BCUT2D eigenvalue weighted by Crippen LogP contribution is 2.06. The summed E-state index contributed by atoms with van der Waals surface area (Å²) in [7, 11) is 1.78. The number of nitrogens with two attached hydrogens (primary N) is 1. The van der Waals surface area contributed by atoms with Gasteiger partial charge < -0.3 is 16.0 Å². The first-order valence-electron chi connectivity index (χ1n) is 5.19. The SMILES string of the molecule is CCCNC(=O)CN(C)c1cnc(N)cn1. The van der Waals surface area contributed by atoms with E-state index in [1.165, 1.54) is 6.20 Å². The molecule has 3 N–H and O–H groups in total. The minimum Gasteiger partial charge on any atom is -0.382 e. The summed E-state index contributed by atoms with van der Waals surface area (Å²) in [5.41, 5.74) is 5.42. The largest absolute Gasteiger partial charge is 0.382 e. The first-order chi connectivity index (χ1) is 7.63. The van der Waals surface area contributed by atoms with E-state index in [2.05, 4.69) is 15.3 Å². The highest BCUT2D eigenvalue weighted by molar-refractivity contribution is 5.80. The second-order valence-corrected chi connectivity index (χ2v) is 3.51. The van der Waals surface area contributed by atoms with Crippen LogP contribution in [0.2, 0.25) is 0 Å². The Morgan fingerprint density at radius 2 is 2.25 bits per heavy atom. The molecule has 6 nitrogen and oxygen atoms in total. The first-order valence-corrected chi connectivity index (χ1v) is 5.19. The van der Waals surface area contributed by atoms with Crippen LogP contribution in [0.3, 0.4) is 0 Å². The summed E-state index contributed by atoms with van der Waals surface area (Å²) in [4.78, 5) is 21.1. The van der Waals surface area contributed by atoms with Crippen LogP contribution < -0.4 is 16.0 Å². The van der Waals surface area contributed by atoms with Crippen molar-refractivity contribution in [2.75, 3.05) is 30.8 Å². The van der Waals surface area contributed by atoms with Gasteiger partial charge in [0.15, 0.2) is 0 Å². The minimum absolute atomic E-state index is 0.0250. The number of nitrogens with one attached hydrogen (secondary N) is 1. The molecule has 0 saturated heterocycles. The van der Waals surface area contributed by atoms with Gasteiger partial charge in [-0.2, -0.15) is 0 Å². The van der Waals surface area contributed by atoms with Crippen molar-refractivity contribution in [2.45, 2.75) is 13.3 Å². The van der Waals surface area contributed by atoms with Crippen molar-refractivity contribution in [1.29, 1.82) is 0 Å². The van der Waals surface area contributed by atoms with Crippen LogP contribution in [0.25, 0.3) is 0 Å². The average molecular weight is 223 g/mol. The molecule has 0 unspecified atom stereocenters. The van der Waals surface area contributed by atoms with Crippen LogP contribution in [0.15, 0.2) is 12.4 Å². The molecule has 6 heteroatoms. The van der Waals surface area contributed by atoms with Gasteiger partial charge in [-0.05, 0) is 6.42 Å². The van der Waals surface area contributed by atoms with Crippen molar-refractivity contribution < 1.29 is 4.79 Å². The van der Waals surface area contributed by atoms with Gasteiger partial charge in [0.2, 0.25) is 5.91 Å². The molecule has 0 aliphatic rings. The fourth-order valence-electron chi connectivity index (χ4n) is 1.15. The molecule has 0 aliphatic heterocycles. The predicted molar refractivity (Wildman–Crippen MR) is 63.0 cm³/mol. The lowest BCUT2D eigenvalue weighted by atomic mass is 10.4. The van der Waals surface area contributed by atoms with Crippen molar-refractivity contribution in [3.05, 3.63) is 12.4 Å². The Kier molecular flexibility index (Phi) is 4.50. The number of carbonyl (C=O) groups is 1. The molecular formula is C10H17N5O. The number of nitrogens with zero attached hydrogens (tertiary/aromatic N) is 3. The van der Waals surface area contributed by atoms with E-state index in [1.54, 1.807) is 18.1 Å². The van der Waals surface area contributed by atoms with Crippen LogP contribution in [-0.4, -0.2) is 36.0 Å². The van der Waals surface area contributed by atoms with Gasteiger partial charge >= 0.3 is 0 Å². The van der Waals surface area contributed by atoms with E-state index in [0.717, 1.165) is 6.42 Å². The molecule has 88 valence electrons. The van der Waals surface area contributed by atoms with E-state index >= 15 is 0 Å². The molecular weight excluding hydrogens is 206 g/mol. The molecule has 1 rings (SSSR count). The van der Waals surface area contributed by atoms with Gasteiger partial charge in [-0.1, -0.05) is 6.92 Å². The summed E-state index contributed by atoms with van der Waals surface area (Å²) >= 11 is 0. The lowest BCUT2D eigenvalue weighted by molar-refractivity contribution is -0.119. The zero-order valence-corrected chi connectivity index (χ0v) is 9.60. The number of hydrogen-bond donors (Lipinski definition) is 2. The van der Waals surface area contributed by atoms with Crippen molar-refractivity contribution in [3.8, 4) is 0 Å². The van der Waals surface area contributed by atoms with Gasteiger partial charge in [0, 0.05) is 13.6 Å². The van der Waals surface area contributed by atoms with Gasteiger partial charge in [0.25, 0.3) is 0 Å². The molecule has 0 atom stereocenters. The Morgan fingerprint density at radius 1 is 1.50 bits per heavy atom. The van der Waals surface area contributed by atoms with Crippen LogP contribution >= 0.6 is 0 Å². The highest BCUT2D eigenvalue weighted by atomic mass is 16.2. The molecule has 1 aromatic rings. The normalized spacial score (nSPS) is 9.88. The van der Waals surface area contributed by atoms with Gasteiger partial charge in [-0.15, -0.1) is 0 Å². The quantitative estimate of drug-likeness (QED) is 0.735. The van der Waals surface area contributed by atoms with Crippen LogP contribution in [0.5, 0.6) is 0 Å². The Bertz CT molecular complexity index is 338. The molecule has 0 aliphatic carbocycles. The predicted octanol–water partition coefficient (Wildman–Crippen LogP) is 0.0212. The Balaban J connectivity index is 2.48. The van der Waals surface area contributed by atoms with Gasteiger partial charge in [-0.25, -0.2) is 9.97 Å². The van der Waals surface area contributed by atoms with Crippen molar-refractivity contribution in [1.82, 2.24) is 15.3 Å². The number of hydrogen-bond acceptors (Lipinski definition) is 5. The lowest BCUT2D eigenvalue weighted by Gasteiger charge is -2.16. The molecule has 0 radical (unpaired) electrons. The zero-order chi connectivity index (χ0) is 12.0. The van der Waals surface area contributed by atoms with Crippen molar-refractivity contribution in [2.24, 2.45) is 0 Å². The van der Waals surface area contributed by atoms with Crippen LogP contribution in [-0.2, 0) is 4.79 Å². The molecule has 1 amide bonds. The number of amides is 1. The Morgan fingerprint density at radius 3 is 2.81 bits per heavy atom. The molecule has 0 saturated carbocycles. The third-order valence-corrected chi connectivity index (χ3v) is 2.00. The van der Waals surface area contributed by atoms with Gasteiger partial charge in [0.1, 0.15) is 11.6 Å². The van der Waals surface area contributed by atoms with E-state index < -0.39 is 0 Å². The summed E-state index contributed by atoms with van der Waals surface area (Å²) in [6.07, 6.45) is 3.94. The third-order valence-electron chi connectivity index (χ3n) is 2.00. The second kappa shape index (κ2) is 5.89. The monoisotopic (exact) mass is 223 g/mol. The van der Waals surface area contributed by atoms with Crippen molar-refractivity contribution in [3.63, 3.8) is 0 Å². The van der Waals surface area contributed by atoms with Crippen LogP contribution in [0, 0.1) is 0 Å².